The van der Waals surface area contributed by atoms with Gasteiger partial charge in [-0.05, 0) is 27.0 Å². The molecule has 0 spiro atoms. The van der Waals surface area contributed by atoms with E-state index in [9.17, 15) is 0 Å². The number of methoxy groups -OCH3 is 1. The molecule has 0 aliphatic carbocycles. The minimum absolute atomic E-state index is 0.808. The summed E-state index contributed by atoms with van der Waals surface area (Å²) in [7, 11) is 5.49. The van der Waals surface area contributed by atoms with Gasteiger partial charge in [0.15, 0.2) is 0 Å². The van der Waals surface area contributed by atoms with Crippen LogP contribution in [0.3, 0.4) is 0 Å². The van der Waals surface area contributed by atoms with Gasteiger partial charge in [0.25, 0.3) is 0 Å². The van der Waals surface area contributed by atoms with Gasteiger partial charge in [-0.3, -0.25) is 0 Å². The summed E-state index contributed by atoms with van der Waals surface area (Å²) in [6.07, 6.45) is 2.11. The average Bonchev–Trinajstić information content (AvgIpc) is 2.42. The zero-order valence-corrected chi connectivity index (χ0v) is 10.1. The van der Waals surface area contributed by atoms with E-state index >= 15 is 0 Å². The number of likely N-dealkylation sites (N-methyl/N-ethyl adjacent to an activating group) is 1. The third kappa shape index (κ3) is 2.59. The van der Waals surface area contributed by atoms with Crippen molar-refractivity contribution in [2.75, 3.05) is 20.7 Å². The predicted octanol–water partition coefficient (Wildman–Crippen LogP) is 1.36. The van der Waals surface area contributed by atoms with Gasteiger partial charge in [0.1, 0.15) is 0 Å². The monoisotopic (exact) mass is 209 g/mol. The molecule has 0 aromatic carbocycles. The van der Waals surface area contributed by atoms with Gasteiger partial charge in [-0.1, -0.05) is 5.57 Å². The Morgan fingerprint density at radius 1 is 1.60 bits per heavy atom. The van der Waals surface area contributed by atoms with E-state index < -0.39 is 0 Å². The standard InChI is InChI=1S/C11H19N3O/c1-8(7-12-3)6-10-9(2)13-14(4)11(10)15-5/h6,12H,7H2,1-5H3. The number of aromatic nitrogens is 2. The molecule has 1 N–H and O–H groups in total. The molecule has 0 atom stereocenters. The molecule has 1 aromatic rings. The topological polar surface area (TPSA) is 39.1 Å². The number of ether oxygens (including phenoxy) is 1. The van der Waals surface area contributed by atoms with E-state index in [1.54, 1.807) is 11.8 Å². The highest BCUT2D eigenvalue weighted by Crippen LogP contribution is 2.23. The molecule has 0 aliphatic heterocycles. The van der Waals surface area contributed by atoms with Crippen LogP contribution in [0.4, 0.5) is 0 Å². The van der Waals surface area contributed by atoms with Crippen LogP contribution in [-0.4, -0.2) is 30.5 Å². The van der Waals surface area contributed by atoms with E-state index in [1.165, 1.54) is 5.57 Å². The fourth-order valence-corrected chi connectivity index (χ4v) is 1.64. The lowest BCUT2D eigenvalue weighted by atomic mass is 10.1. The van der Waals surface area contributed by atoms with Crippen LogP contribution in [0.5, 0.6) is 5.88 Å². The van der Waals surface area contributed by atoms with Crippen LogP contribution < -0.4 is 10.1 Å². The van der Waals surface area contributed by atoms with Gasteiger partial charge in [0, 0.05) is 13.6 Å². The van der Waals surface area contributed by atoms with Gasteiger partial charge >= 0.3 is 0 Å². The third-order valence-electron chi connectivity index (χ3n) is 2.25. The Balaban J connectivity index is 3.07. The van der Waals surface area contributed by atoms with Gasteiger partial charge in [-0.15, -0.1) is 0 Å². The lowest BCUT2D eigenvalue weighted by Crippen LogP contribution is -2.08. The molecular weight excluding hydrogens is 190 g/mol. The van der Waals surface area contributed by atoms with Crippen molar-refractivity contribution < 1.29 is 4.74 Å². The minimum atomic E-state index is 0.808. The lowest BCUT2D eigenvalue weighted by molar-refractivity contribution is 0.372. The second kappa shape index (κ2) is 4.98. The molecule has 1 rings (SSSR count). The molecule has 0 saturated heterocycles. The van der Waals surface area contributed by atoms with Gasteiger partial charge in [0.05, 0.1) is 18.4 Å². The molecule has 0 saturated carbocycles. The van der Waals surface area contributed by atoms with E-state index in [2.05, 4.69) is 23.4 Å². The summed E-state index contributed by atoms with van der Waals surface area (Å²) in [5, 5.41) is 7.44. The van der Waals surface area contributed by atoms with Crippen molar-refractivity contribution in [2.45, 2.75) is 13.8 Å². The van der Waals surface area contributed by atoms with Crippen molar-refractivity contribution in [1.29, 1.82) is 0 Å². The first-order valence-electron chi connectivity index (χ1n) is 4.99. The van der Waals surface area contributed by atoms with Crippen LogP contribution in [0.1, 0.15) is 18.2 Å². The normalized spacial score (nSPS) is 11.9. The summed E-state index contributed by atoms with van der Waals surface area (Å²) in [6.45, 7) is 4.95. The molecule has 1 aromatic heterocycles. The molecule has 0 fully saturated rings. The number of aryl methyl sites for hydroxylation is 2. The summed E-state index contributed by atoms with van der Waals surface area (Å²) in [4.78, 5) is 0. The summed E-state index contributed by atoms with van der Waals surface area (Å²) in [5.74, 6) is 0.808. The lowest BCUT2D eigenvalue weighted by Gasteiger charge is -2.03. The summed E-state index contributed by atoms with van der Waals surface area (Å²) >= 11 is 0. The number of hydrogen-bond donors (Lipinski definition) is 1. The molecule has 0 unspecified atom stereocenters. The number of hydrogen-bond acceptors (Lipinski definition) is 3. The Morgan fingerprint density at radius 3 is 2.80 bits per heavy atom. The Hall–Kier alpha value is -1.29. The van der Waals surface area contributed by atoms with Crippen LogP contribution in [0, 0.1) is 6.92 Å². The summed E-state index contributed by atoms with van der Waals surface area (Å²) in [5.41, 5.74) is 3.31. The molecule has 4 nitrogen and oxygen atoms in total. The van der Waals surface area contributed by atoms with Crippen molar-refractivity contribution in [1.82, 2.24) is 15.1 Å². The van der Waals surface area contributed by atoms with Gasteiger partial charge in [0.2, 0.25) is 5.88 Å². The van der Waals surface area contributed by atoms with Crippen LogP contribution >= 0.6 is 0 Å². The van der Waals surface area contributed by atoms with E-state index in [0.717, 1.165) is 23.7 Å². The van der Waals surface area contributed by atoms with Crippen LogP contribution in [0.15, 0.2) is 5.57 Å². The first kappa shape index (κ1) is 11.8. The molecule has 4 heteroatoms. The second-order valence-corrected chi connectivity index (χ2v) is 3.65. The molecule has 0 radical (unpaired) electrons. The summed E-state index contributed by atoms with van der Waals surface area (Å²) < 4.78 is 7.07. The number of rotatable bonds is 4. The van der Waals surface area contributed by atoms with Crippen molar-refractivity contribution >= 4 is 6.08 Å². The van der Waals surface area contributed by atoms with Crippen molar-refractivity contribution in [3.63, 3.8) is 0 Å². The highest BCUT2D eigenvalue weighted by Gasteiger charge is 2.11. The molecule has 84 valence electrons. The molecule has 15 heavy (non-hydrogen) atoms. The Kier molecular flexibility index (Phi) is 3.91. The average molecular weight is 209 g/mol. The Bertz CT molecular complexity index is 366. The van der Waals surface area contributed by atoms with E-state index in [1.807, 2.05) is 21.0 Å². The van der Waals surface area contributed by atoms with Crippen molar-refractivity contribution in [3.05, 3.63) is 16.8 Å². The third-order valence-corrected chi connectivity index (χ3v) is 2.25. The van der Waals surface area contributed by atoms with Crippen molar-refractivity contribution in [2.24, 2.45) is 7.05 Å². The zero-order chi connectivity index (χ0) is 11.4. The van der Waals surface area contributed by atoms with Crippen molar-refractivity contribution in [3.8, 4) is 5.88 Å². The largest absolute Gasteiger partial charge is 0.481 e. The first-order valence-corrected chi connectivity index (χ1v) is 4.99. The maximum absolute atomic E-state index is 5.31. The highest BCUT2D eigenvalue weighted by atomic mass is 16.5. The highest BCUT2D eigenvalue weighted by molar-refractivity contribution is 5.60. The Morgan fingerprint density at radius 2 is 2.27 bits per heavy atom. The fourth-order valence-electron chi connectivity index (χ4n) is 1.64. The first-order chi connectivity index (χ1) is 7.10. The van der Waals surface area contributed by atoms with E-state index in [4.69, 9.17) is 4.74 Å². The SMILES string of the molecule is CNCC(C)=Cc1c(C)nn(C)c1OC. The van der Waals surface area contributed by atoms with E-state index in [-0.39, 0.29) is 0 Å². The van der Waals surface area contributed by atoms with E-state index in [0.29, 0.717) is 0 Å². The molecule has 1 heterocycles. The quantitative estimate of drug-likeness (QED) is 0.813. The fraction of sp³-hybridized carbons (Fsp3) is 0.545. The minimum Gasteiger partial charge on any atom is -0.481 e. The molecular formula is C11H19N3O. The smallest absolute Gasteiger partial charge is 0.218 e. The maximum atomic E-state index is 5.31. The number of nitrogens with zero attached hydrogens (tertiary/aromatic N) is 2. The Labute approximate surface area is 90.9 Å². The molecule has 0 amide bonds. The predicted molar refractivity (Wildman–Crippen MR) is 62.1 cm³/mol. The molecule has 0 aliphatic rings. The van der Waals surface area contributed by atoms with Gasteiger partial charge < -0.3 is 10.1 Å². The van der Waals surface area contributed by atoms with Crippen LogP contribution in [0.25, 0.3) is 6.08 Å². The van der Waals surface area contributed by atoms with Gasteiger partial charge in [-0.2, -0.15) is 5.10 Å². The number of nitrogens with one attached hydrogen (secondary N) is 1. The maximum Gasteiger partial charge on any atom is 0.218 e. The van der Waals surface area contributed by atoms with Gasteiger partial charge in [-0.25, -0.2) is 4.68 Å². The second-order valence-electron chi connectivity index (χ2n) is 3.65. The summed E-state index contributed by atoms with van der Waals surface area (Å²) in [6, 6.07) is 0. The zero-order valence-electron chi connectivity index (χ0n) is 10.1. The molecule has 0 bridgehead atoms. The van der Waals surface area contributed by atoms with Crippen LogP contribution in [0.2, 0.25) is 0 Å². The van der Waals surface area contributed by atoms with Crippen LogP contribution in [-0.2, 0) is 7.05 Å².